The number of halogens is 1. The van der Waals surface area contributed by atoms with Gasteiger partial charge >= 0.3 is 0 Å². The molecule has 3 rings (SSSR count). The number of para-hydroxylation sites is 1. The number of phenols is 1. The Hall–Kier alpha value is -2.13. The van der Waals surface area contributed by atoms with Crippen molar-refractivity contribution in [1.82, 2.24) is 4.57 Å². The lowest BCUT2D eigenvalue weighted by molar-refractivity contribution is 0.307. The molecule has 0 saturated heterocycles. The van der Waals surface area contributed by atoms with Crippen molar-refractivity contribution in [3.05, 3.63) is 59.2 Å². The Morgan fingerprint density at radius 2 is 1.90 bits per heavy atom. The fraction of sp³-hybridized carbons (Fsp3) is 0.125. The molecule has 2 aromatic carbocycles. The summed E-state index contributed by atoms with van der Waals surface area (Å²) in [5.74, 6) is 1.05. The monoisotopic (exact) mass is 287 g/mol. The van der Waals surface area contributed by atoms with Gasteiger partial charge in [-0.25, -0.2) is 0 Å². The minimum atomic E-state index is 0.280. The van der Waals surface area contributed by atoms with Crippen molar-refractivity contribution < 1.29 is 9.84 Å². The van der Waals surface area contributed by atoms with Gasteiger partial charge in [0.25, 0.3) is 0 Å². The van der Waals surface area contributed by atoms with Crippen LogP contribution in [-0.4, -0.2) is 9.67 Å². The second-order valence-electron chi connectivity index (χ2n) is 4.68. The summed E-state index contributed by atoms with van der Waals surface area (Å²) >= 11 is 5.84. The third kappa shape index (κ3) is 2.32. The van der Waals surface area contributed by atoms with Crippen LogP contribution in [0.25, 0.3) is 10.9 Å². The number of nitrogens with zero attached hydrogens (tertiary/aromatic N) is 1. The van der Waals surface area contributed by atoms with Crippen molar-refractivity contribution in [2.75, 3.05) is 0 Å². The number of hydrogen-bond acceptors (Lipinski definition) is 2. The van der Waals surface area contributed by atoms with E-state index in [1.807, 2.05) is 42.1 Å². The summed E-state index contributed by atoms with van der Waals surface area (Å²) in [6.45, 7) is 0.447. The van der Waals surface area contributed by atoms with Crippen molar-refractivity contribution in [3.63, 3.8) is 0 Å². The molecular weight excluding hydrogens is 274 g/mol. The highest BCUT2D eigenvalue weighted by atomic mass is 35.5. The highest BCUT2D eigenvalue weighted by molar-refractivity contribution is 6.30. The van der Waals surface area contributed by atoms with Crippen LogP contribution in [0, 0.1) is 0 Å². The van der Waals surface area contributed by atoms with E-state index in [-0.39, 0.29) is 5.75 Å². The van der Waals surface area contributed by atoms with Gasteiger partial charge in [-0.1, -0.05) is 23.7 Å². The van der Waals surface area contributed by atoms with E-state index in [9.17, 15) is 5.11 Å². The van der Waals surface area contributed by atoms with Gasteiger partial charge < -0.3 is 14.4 Å². The third-order valence-corrected chi connectivity index (χ3v) is 3.52. The van der Waals surface area contributed by atoms with Crippen molar-refractivity contribution >= 4 is 22.5 Å². The Labute approximate surface area is 122 Å². The number of phenolic OH excluding ortho intramolecular Hbond substituents is 1. The van der Waals surface area contributed by atoms with Gasteiger partial charge in [-0.3, -0.25) is 0 Å². The summed E-state index contributed by atoms with van der Waals surface area (Å²) in [6.07, 6.45) is 1.97. The van der Waals surface area contributed by atoms with Crippen LogP contribution in [0.15, 0.2) is 48.7 Å². The van der Waals surface area contributed by atoms with Crippen molar-refractivity contribution in [3.8, 4) is 11.5 Å². The van der Waals surface area contributed by atoms with Crippen LogP contribution < -0.4 is 4.74 Å². The first-order chi connectivity index (χ1) is 9.65. The summed E-state index contributed by atoms with van der Waals surface area (Å²) < 4.78 is 7.66. The Bertz CT molecular complexity index is 747. The minimum absolute atomic E-state index is 0.280. The van der Waals surface area contributed by atoms with Crippen LogP contribution in [-0.2, 0) is 13.7 Å². The lowest BCUT2D eigenvalue weighted by atomic mass is 10.2. The van der Waals surface area contributed by atoms with Crippen LogP contribution in [0.1, 0.15) is 5.56 Å². The first-order valence-corrected chi connectivity index (χ1v) is 6.67. The SMILES string of the molecule is Cn1cc(COc2ccc(Cl)cc2)c2cccc(O)c21. The van der Waals surface area contributed by atoms with E-state index >= 15 is 0 Å². The van der Waals surface area contributed by atoms with Crippen LogP contribution >= 0.6 is 11.6 Å². The number of ether oxygens (including phenoxy) is 1. The van der Waals surface area contributed by atoms with E-state index in [1.54, 1.807) is 18.2 Å². The normalized spacial score (nSPS) is 10.9. The molecule has 0 bridgehead atoms. The standard InChI is InChI=1S/C16H14ClNO2/c1-18-9-11(14-3-2-4-15(19)16(14)18)10-20-13-7-5-12(17)6-8-13/h2-9,19H,10H2,1H3. The van der Waals surface area contributed by atoms with Crippen molar-refractivity contribution in [1.29, 1.82) is 0 Å². The van der Waals surface area contributed by atoms with Crippen LogP contribution in [0.2, 0.25) is 5.02 Å². The molecule has 0 radical (unpaired) electrons. The fourth-order valence-corrected chi connectivity index (χ4v) is 2.46. The lowest BCUT2D eigenvalue weighted by Crippen LogP contribution is -1.94. The van der Waals surface area contributed by atoms with E-state index in [0.717, 1.165) is 22.2 Å². The second-order valence-corrected chi connectivity index (χ2v) is 5.12. The van der Waals surface area contributed by atoms with Gasteiger partial charge in [0.15, 0.2) is 0 Å². The fourth-order valence-electron chi connectivity index (χ4n) is 2.34. The molecule has 0 unspecified atom stereocenters. The predicted molar refractivity (Wildman–Crippen MR) is 80.4 cm³/mol. The quantitative estimate of drug-likeness (QED) is 0.786. The summed E-state index contributed by atoms with van der Waals surface area (Å²) in [4.78, 5) is 0. The molecule has 0 aliphatic rings. The molecule has 3 aromatic rings. The van der Waals surface area contributed by atoms with E-state index in [4.69, 9.17) is 16.3 Å². The predicted octanol–water partition coefficient (Wildman–Crippen LogP) is 4.12. The molecule has 4 heteroatoms. The first-order valence-electron chi connectivity index (χ1n) is 6.29. The van der Waals surface area contributed by atoms with Gasteiger partial charge in [-0.15, -0.1) is 0 Å². The summed E-state index contributed by atoms with van der Waals surface area (Å²) in [5.41, 5.74) is 1.86. The zero-order chi connectivity index (χ0) is 14.1. The molecular formula is C16H14ClNO2. The molecule has 0 spiro atoms. The molecule has 0 fully saturated rings. The second kappa shape index (κ2) is 5.10. The molecule has 20 heavy (non-hydrogen) atoms. The average Bonchev–Trinajstić information content (AvgIpc) is 2.76. The highest BCUT2D eigenvalue weighted by Crippen LogP contribution is 2.29. The Balaban J connectivity index is 1.88. The maximum Gasteiger partial charge on any atom is 0.139 e. The van der Waals surface area contributed by atoms with Gasteiger partial charge in [0.1, 0.15) is 18.1 Å². The number of benzene rings is 2. The number of fused-ring (bicyclic) bond motifs is 1. The van der Waals surface area contributed by atoms with Crippen LogP contribution in [0.4, 0.5) is 0 Å². The Kier molecular flexibility index (Phi) is 3.28. The Morgan fingerprint density at radius 3 is 2.65 bits per heavy atom. The Morgan fingerprint density at radius 1 is 1.15 bits per heavy atom. The number of aromatic nitrogens is 1. The molecule has 1 N–H and O–H groups in total. The average molecular weight is 288 g/mol. The van der Waals surface area contributed by atoms with Crippen molar-refractivity contribution in [2.45, 2.75) is 6.61 Å². The zero-order valence-corrected chi connectivity index (χ0v) is 11.8. The van der Waals surface area contributed by atoms with E-state index in [1.165, 1.54) is 0 Å². The maximum absolute atomic E-state index is 9.90. The molecule has 102 valence electrons. The van der Waals surface area contributed by atoms with Crippen molar-refractivity contribution in [2.24, 2.45) is 7.05 Å². The molecule has 0 aliphatic heterocycles. The molecule has 3 nitrogen and oxygen atoms in total. The van der Waals surface area contributed by atoms with Crippen LogP contribution in [0.3, 0.4) is 0 Å². The minimum Gasteiger partial charge on any atom is -0.506 e. The van der Waals surface area contributed by atoms with Gasteiger partial charge in [-0.05, 0) is 30.3 Å². The van der Waals surface area contributed by atoms with Gasteiger partial charge in [0.2, 0.25) is 0 Å². The van der Waals surface area contributed by atoms with Gasteiger partial charge in [-0.2, -0.15) is 0 Å². The lowest BCUT2D eigenvalue weighted by Gasteiger charge is -2.05. The topological polar surface area (TPSA) is 34.4 Å². The van der Waals surface area contributed by atoms with Crippen LogP contribution in [0.5, 0.6) is 11.5 Å². The number of rotatable bonds is 3. The molecule has 0 atom stereocenters. The molecule has 1 aromatic heterocycles. The highest BCUT2D eigenvalue weighted by Gasteiger charge is 2.10. The molecule has 0 aliphatic carbocycles. The number of aryl methyl sites for hydroxylation is 1. The summed E-state index contributed by atoms with van der Waals surface area (Å²) in [6, 6.07) is 12.8. The summed E-state index contributed by atoms with van der Waals surface area (Å²) in [5, 5.41) is 11.6. The first kappa shape index (κ1) is 12.9. The van der Waals surface area contributed by atoms with E-state index in [0.29, 0.717) is 11.6 Å². The van der Waals surface area contributed by atoms with Gasteiger partial charge in [0.05, 0.1) is 5.52 Å². The summed E-state index contributed by atoms with van der Waals surface area (Å²) in [7, 11) is 1.91. The largest absolute Gasteiger partial charge is 0.506 e. The number of aromatic hydroxyl groups is 1. The smallest absolute Gasteiger partial charge is 0.139 e. The molecule has 1 heterocycles. The van der Waals surface area contributed by atoms with Gasteiger partial charge in [0, 0.05) is 29.2 Å². The molecule has 0 amide bonds. The molecule has 0 saturated carbocycles. The maximum atomic E-state index is 9.90. The van der Waals surface area contributed by atoms with E-state index < -0.39 is 0 Å². The number of hydrogen-bond donors (Lipinski definition) is 1. The third-order valence-electron chi connectivity index (χ3n) is 3.27. The van der Waals surface area contributed by atoms with E-state index in [2.05, 4.69) is 0 Å². The zero-order valence-electron chi connectivity index (χ0n) is 11.0.